The third-order valence-electron chi connectivity index (χ3n) is 8.79. The molecule has 2 unspecified atom stereocenters. The maximum absolute atomic E-state index is 12.1. The van der Waals surface area contributed by atoms with E-state index in [0.29, 0.717) is 6.42 Å². The van der Waals surface area contributed by atoms with E-state index in [9.17, 15) is 24.2 Å². The van der Waals surface area contributed by atoms with Gasteiger partial charge in [-0.2, -0.15) is 0 Å². The molecule has 52 heavy (non-hydrogen) atoms. The number of aliphatic hydroxyl groups excluding tert-OH is 1. The summed E-state index contributed by atoms with van der Waals surface area (Å²) in [6, 6.07) is 0. The van der Waals surface area contributed by atoms with E-state index in [0.717, 1.165) is 70.6 Å². The molecule has 0 saturated heterocycles. The molecule has 0 heterocycles. The molecule has 2 atom stereocenters. The number of unbranched alkanes of at least 4 members (excludes halogenated alkanes) is 20. The Morgan fingerprint density at radius 2 is 1.04 bits per heavy atom. The molecule has 0 aliphatic carbocycles. The van der Waals surface area contributed by atoms with Crippen LogP contribution in [0.4, 0.5) is 0 Å². The Balaban J connectivity index is 3.62. The van der Waals surface area contributed by atoms with Crippen LogP contribution in [0.2, 0.25) is 0 Å². The SMILES string of the molecule is CCCCC/C=C\C/C=C\CCCCCCCCCC(=O)NCCOP(=O)(O)OCC(O)COC(=O)CCCCCCC/C=C\CCCCCCC. The number of ether oxygens (including phenoxy) is 1. The van der Waals surface area contributed by atoms with Crippen LogP contribution in [0.25, 0.3) is 0 Å². The van der Waals surface area contributed by atoms with Gasteiger partial charge in [0, 0.05) is 19.4 Å². The van der Waals surface area contributed by atoms with Gasteiger partial charge in [-0.15, -0.1) is 0 Å². The molecule has 0 aromatic rings. The van der Waals surface area contributed by atoms with Gasteiger partial charge < -0.3 is 20.1 Å². The molecule has 0 spiro atoms. The second-order valence-corrected chi connectivity index (χ2v) is 15.4. The predicted octanol–water partition coefficient (Wildman–Crippen LogP) is 11.4. The number of hydrogen-bond acceptors (Lipinski definition) is 7. The number of rotatable bonds is 39. The minimum absolute atomic E-state index is 0.0763. The highest BCUT2D eigenvalue weighted by Crippen LogP contribution is 2.42. The number of carbonyl (C=O) groups excluding carboxylic acids is 2. The van der Waals surface area contributed by atoms with E-state index in [2.05, 4.69) is 55.6 Å². The second-order valence-electron chi connectivity index (χ2n) is 14.0. The Labute approximate surface area is 318 Å². The van der Waals surface area contributed by atoms with Crippen molar-refractivity contribution in [3.05, 3.63) is 36.5 Å². The van der Waals surface area contributed by atoms with Gasteiger partial charge in [0.25, 0.3) is 0 Å². The Morgan fingerprint density at radius 1 is 0.596 bits per heavy atom. The van der Waals surface area contributed by atoms with Crippen LogP contribution in [0.3, 0.4) is 0 Å². The first kappa shape index (κ1) is 50.2. The Kier molecular flexibility index (Phi) is 37.6. The second kappa shape index (κ2) is 38.9. The lowest BCUT2D eigenvalue weighted by Crippen LogP contribution is -2.27. The Bertz CT molecular complexity index is 954. The molecule has 0 fully saturated rings. The molecule has 0 radical (unpaired) electrons. The van der Waals surface area contributed by atoms with Crippen LogP contribution in [-0.2, 0) is 27.9 Å². The topological polar surface area (TPSA) is 131 Å². The van der Waals surface area contributed by atoms with Crippen LogP contribution < -0.4 is 5.32 Å². The smallest absolute Gasteiger partial charge is 0.463 e. The van der Waals surface area contributed by atoms with E-state index >= 15 is 0 Å². The maximum Gasteiger partial charge on any atom is 0.472 e. The lowest BCUT2D eigenvalue weighted by molar-refractivity contribution is -0.147. The number of nitrogens with one attached hydrogen (secondary N) is 1. The van der Waals surface area contributed by atoms with Crippen LogP contribution in [0.1, 0.15) is 187 Å². The number of phosphoric ester groups is 1. The third kappa shape index (κ3) is 39.4. The van der Waals surface area contributed by atoms with Crippen LogP contribution >= 0.6 is 7.82 Å². The van der Waals surface area contributed by atoms with Gasteiger partial charge in [-0.25, -0.2) is 4.57 Å². The molecule has 10 heteroatoms. The lowest BCUT2D eigenvalue weighted by atomic mass is 10.1. The quantitative estimate of drug-likeness (QED) is 0.0244. The highest BCUT2D eigenvalue weighted by Gasteiger charge is 2.23. The summed E-state index contributed by atoms with van der Waals surface area (Å²) in [5, 5.41) is 12.7. The van der Waals surface area contributed by atoms with Gasteiger partial charge in [-0.1, -0.05) is 140 Å². The maximum atomic E-state index is 12.1. The summed E-state index contributed by atoms with van der Waals surface area (Å²) in [6.45, 7) is 3.50. The summed E-state index contributed by atoms with van der Waals surface area (Å²) in [5.41, 5.74) is 0. The molecule has 0 aromatic carbocycles. The zero-order valence-electron chi connectivity index (χ0n) is 33.3. The van der Waals surface area contributed by atoms with Crippen molar-refractivity contribution in [3.8, 4) is 0 Å². The molecule has 0 aromatic heterocycles. The number of amides is 1. The van der Waals surface area contributed by atoms with E-state index in [-0.39, 0.29) is 32.1 Å². The van der Waals surface area contributed by atoms with Crippen molar-refractivity contribution in [2.75, 3.05) is 26.4 Å². The normalized spacial score (nSPS) is 13.7. The third-order valence-corrected chi connectivity index (χ3v) is 9.78. The predicted molar refractivity (Wildman–Crippen MR) is 215 cm³/mol. The van der Waals surface area contributed by atoms with Crippen molar-refractivity contribution in [2.24, 2.45) is 0 Å². The molecule has 1 amide bonds. The van der Waals surface area contributed by atoms with E-state index in [4.69, 9.17) is 13.8 Å². The van der Waals surface area contributed by atoms with Gasteiger partial charge in [0.1, 0.15) is 12.7 Å². The van der Waals surface area contributed by atoms with Crippen molar-refractivity contribution >= 4 is 19.7 Å². The number of aliphatic hydroxyl groups is 1. The number of phosphoric acid groups is 1. The van der Waals surface area contributed by atoms with E-state index in [1.54, 1.807) is 0 Å². The van der Waals surface area contributed by atoms with Crippen LogP contribution in [0.5, 0.6) is 0 Å². The van der Waals surface area contributed by atoms with Gasteiger partial charge in [0.2, 0.25) is 5.91 Å². The Hall–Kier alpha value is -1.77. The highest BCUT2D eigenvalue weighted by molar-refractivity contribution is 7.47. The van der Waals surface area contributed by atoms with Gasteiger partial charge in [0.05, 0.1) is 13.2 Å². The van der Waals surface area contributed by atoms with Crippen molar-refractivity contribution in [2.45, 2.75) is 193 Å². The zero-order chi connectivity index (χ0) is 38.2. The number of esters is 1. The summed E-state index contributed by atoms with van der Waals surface area (Å²) >= 11 is 0. The fraction of sp³-hybridized carbons (Fsp3) is 0.810. The molecule has 0 bridgehead atoms. The lowest BCUT2D eigenvalue weighted by Gasteiger charge is -2.15. The van der Waals surface area contributed by atoms with Crippen molar-refractivity contribution in [1.82, 2.24) is 5.32 Å². The van der Waals surface area contributed by atoms with Crippen molar-refractivity contribution in [3.63, 3.8) is 0 Å². The van der Waals surface area contributed by atoms with E-state index in [1.807, 2.05) is 0 Å². The molecule has 0 rings (SSSR count). The zero-order valence-corrected chi connectivity index (χ0v) is 34.1. The van der Waals surface area contributed by atoms with Crippen LogP contribution in [0.15, 0.2) is 36.5 Å². The number of allylic oxidation sites excluding steroid dienone is 6. The molecular weight excluding hydrogens is 677 g/mol. The molecule has 9 nitrogen and oxygen atoms in total. The first-order chi connectivity index (χ1) is 25.3. The number of carbonyl (C=O) groups is 2. The molecule has 0 aliphatic rings. The minimum Gasteiger partial charge on any atom is -0.463 e. The van der Waals surface area contributed by atoms with Crippen molar-refractivity contribution in [1.29, 1.82) is 0 Å². The molecule has 0 aliphatic heterocycles. The largest absolute Gasteiger partial charge is 0.472 e. The van der Waals surface area contributed by atoms with Gasteiger partial charge >= 0.3 is 13.8 Å². The van der Waals surface area contributed by atoms with Gasteiger partial charge in [-0.3, -0.25) is 18.6 Å². The summed E-state index contributed by atoms with van der Waals surface area (Å²) in [7, 11) is -4.42. The van der Waals surface area contributed by atoms with Gasteiger partial charge in [-0.05, 0) is 70.6 Å². The summed E-state index contributed by atoms with van der Waals surface area (Å²) in [6.07, 6.45) is 42.1. The van der Waals surface area contributed by atoms with E-state index in [1.165, 1.54) is 89.9 Å². The first-order valence-electron chi connectivity index (χ1n) is 21.0. The monoisotopic (exact) mass is 756 g/mol. The molecule has 0 saturated carbocycles. The van der Waals surface area contributed by atoms with Crippen LogP contribution in [0, 0.1) is 0 Å². The van der Waals surface area contributed by atoms with Crippen molar-refractivity contribution < 1.29 is 37.9 Å². The molecular formula is C42H78NO8P. The molecule has 304 valence electrons. The number of hydrogen-bond donors (Lipinski definition) is 3. The fourth-order valence-corrected chi connectivity index (χ4v) is 6.34. The fourth-order valence-electron chi connectivity index (χ4n) is 5.58. The molecule has 3 N–H and O–H groups in total. The summed E-state index contributed by atoms with van der Waals surface area (Å²) in [4.78, 5) is 33.8. The van der Waals surface area contributed by atoms with Gasteiger partial charge in [0.15, 0.2) is 0 Å². The summed E-state index contributed by atoms with van der Waals surface area (Å²) in [5.74, 6) is -0.533. The average Bonchev–Trinajstić information content (AvgIpc) is 3.13. The standard InChI is InChI=1S/C42H78NO8P/c1-3-5-7-9-11-13-15-17-19-20-21-22-24-26-28-30-32-34-41(45)43-36-37-50-52(47,48)51-39-40(44)38-49-42(46)35-33-31-29-27-25-23-18-16-14-12-10-8-6-4-2/h11,13,16-19,40,44H,3-10,12,14-15,20-39H2,1-2H3,(H,43,45)(H,47,48)/b13-11-,18-16-,19-17-. The highest BCUT2D eigenvalue weighted by atomic mass is 31.2. The first-order valence-corrected chi connectivity index (χ1v) is 22.5. The average molecular weight is 756 g/mol. The van der Waals surface area contributed by atoms with E-state index < -0.39 is 26.5 Å². The minimum atomic E-state index is -4.42. The van der Waals surface area contributed by atoms with Crippen LogP contribution in [-0.4, -0.2) is 54.3 Å². The summed E-state index contributed by atoms with van der Waals surface area (Å²) < 4.78 is 26.8. The Morgan fingerprint density at radius 3 is 1.60 bits per heavy atom.